The van der Waals surface area contributed by atoms with Crippen molar-refractivity contribution in [3.8, 4) is 0 Å². The van der Waals surface area contributed by atoms with Crippen molar-refractivity contribution in [3.63, 3.8) is 0 Å². The van der Waals surface area contributed by atoms with Gasteiger partial charge in [-0.15, -0.1) is 0 Å². The molecule has 1 aliphatic rings. The summed E-state index contributed by atoms with van der Waals surface area (Å²) >= 11 is 0. The zero-order chi connectivity index (χ0) is 11.5. The second kappa shape index (κ2) is 5.59. The molecule has 0 spiro atoms. The van der Waals surface area contributed by atoms with Gasteiger partial charge in [-0.3, -0.25) is 0 Å². The molecule has 0 aromatic rings. The second-order valence-electron chi connectivity index (χ2n) is 5.16. The molecule has 0 unspecified atom stereocenters. The van der Waals surface area contributed by atoms with Crippen LogP contribution in [0.4, 0.5) is 0 Å². The quantitative estimate of drug-likeness (QED) is 0.510. The van der Waals surface area contributed by atoms with Crippen molar-refractivity contribution in [2.75, 3.05) is 19.8 Å². The Morgan fingerprint density at radius 2 is 2.07 bits per heavy atom. The van der Waals surface area contributed by atoms with Crippen molar-refractivity contribution >= 4 is 17.4 Å². The Labute approximate surface area is 96.0 Å². The van der Waals surface area contributed by atoms with E-state index in [1.165, 1.54) is 0 Å². The first-order valence-electron chi connectivity index (χ1n) is 5.79. The van der Waals surface area contributed by atoms with Crippen LogP contribution in [0.25, 0.3) is 0 Å². The second-order valence-corrected chi connectivity index (χ2v) is 12.4. The summed E-state index contributed by atoms with van der Waals surface area (Å²) in [5, 5.41) is 0. The molecule has 5 heteroatoms. The van der Waals surface area contributed by atoms with Crippen LogP contribution in [0.5, 0.6) is 0 Å². The molecule has 2 atom stereocenters. The van der Waals surface area contributed by atoms with Gasteiger partial charge >= 0.3 is 0 Å². The Bertz CT molecular complexity index is 193. The third-order valence-corrected chi connectivity index (χ3v) is 9.66. The third kappa shape index (κ3) is 5.26. The molecule has 0 N–H and O–H groups in total. The van der Waals surface area contributed by atoms with Gasteiger partial charge < -0.3 is 13.6 Å². The van der Waals surface area contributed by atoms with E-state index >= 15 is 0 Å². The van der Waals surface area contributed by atoms with E-state index in [1.807, 2.05) is 0 Å². The fourth-order valence-corrected chi connectivity index (χ4v) is 7.77. The molecule has 3 nitrogen and oxygen atoms in total. The molecule has 1 fully saturated rings. The number of hydrogen-bond acceptors (Lipinski definition) is 3. The molecule has 0 bridgehead atoms. The van der Waals surface area contributed by atoms with E-state index in [1.54, 1.807) is 0 Å². The zero-order valence-corrected chi connectivity index (χ0v) is 12.7. The summed E-state index contributed by atoms with van der Waals surface area (Å²) in [4.78, 5) is 0. The van der Waals surface area contributed by atoms with E-state index in [9.17, 15) is 0 Å². The number of rotatable bonds is 7. The average Bonchev–Trinajstić information content (AvgIpc) is 2.85. The molecule has 1 saturated heterocycles. The predicted octanol–water partition coefficient (Wildman–Crippen LogP) is 2.00. The highest BCUT2D eigenvalue weighted by molar-refractivity contribution is 6.78. The van der Waals surface area contributed by atoms with Gasteiger partial charge in [-0.1, -0.05) is 6.92 Å². The standard InChI is InChI=1S/C10H24O3Si2/c1-9(6-11-7-10-8-12-10)15(4,5)13-14(2)3/h9-10,14H,6-8H2,1-5H3/t9-,10+/m1/s1. The fraction of sp³-hybridized carbons (Fsp3) is 1.00. The van der Waals surface area contributed by atoms with Crippen molar-refractivity contribution in [3.05, 3.63) is 0 Å². The fourth-order valence-electron chi connectivity index (χ4n) is 1.46. The zero-order valence-electron chi connectivity index (χ0n) is 10.6. The Balaban J connectivity index is 2.19. The normalized spacial score (nSPS) is 23.2. The molecule has 0 aromatic heterocycles. The minimum absolute atomic E-state index is 0.377. The van der Waals surface area contributed by atoms with Crippen LogP contribution in [0.15, 0.2) is 0 Å². The molecule has 0 aromatic carbocycles. The Morgan fingerprint density at radius 3 is 2.53 bits per heavy atom. The lowest BCUT2D eigenvalue weighted by Gasteiger charge is -2.31. The summed E-state index contributed by atoms with van der Waals surface area (Å²) in [5.74, 6) is 0. The smallest absolute Gasteiger partial charge is 0.178 e. The van der Waals surface area contributed by atoms with Crippen LogP contribution < -0.4 is 0 Å². The summed E-state index contributed by atoms with van der Waals surface area (Å²) in [6.07, 6.45) is 0.377. The highest BCUT2D eigenvalue weighted by Crippen LogP contribution is 2.24. The maximum absolute atomic E-state index is 6.14. The van der Waals surface area contributed by atoms with Gasteiger partial charge in [0.15, 0.2) is 17.4 Å². The van der Waals surface area contributed by atoms with Crippen molar-refractivity contribution in [2.45, 2.75) is 44.8 Å². The largest absolute Gasteiger partial charge is 0.458 e. The monoisotopic (exact) mass is 248 g/mol. The van der Waals surface area contributed by atoms with Crippen LogP contribution in [-0.2, 0) is 13.6 Å². The molecular weight excluding hydrogens is 224 g/mol. The first-order valence-corrected chi connectivity index (χ1v) is 11.6. The molecule has 1 aliphatic heterocycles. The Morgan fingerprint density at radius 1 is 1.47 bits per heavy atom. The van der Waals surface area contributed by atoms with E-state index in [-0.39, 0.29) is 0 Å². The van der Waals surface area contributed by atoms with E-state index in [2.05, 4.69) is 33.1 Å². The maximum atomic E-state index is 6.14. The minimum Gasteiger partial charge on any atom is -0.458 e. The molecule has 90 valence electrons. The van der Waals surface area contributed by atoms with Gasteiger partial charge in [-0.05, 0) is 31.7 Å². The maximum Gasteiger partial charge on any atom is 0.178 e. The molecule has 1 heterocycles. The lowest BCUT2D eigenvalue weighted by Crippen LogP contribution is -2.41. The van der Waals surface area contributed by atoms with Crippen LogP contribution in [0, 0.1) is 0 Å². The minimum atomic E-state index is -1.53. The summed E-state index contributed by atoms with van der Waals surface area (Å²) in [6, 6.07) is 0. The molecular formula is C10H24O3Si2. The van der Waals surface area contributed by atoms with Crippen LogP contribution >= 0.6 is 0 Å². The number of epoxide rings is 1. The summed E-state index contributed by atoms with van der Waals surface area (Å²) in [5.41, 5.74) is 0.561. The molecule has 0 saturated carbocycles. The highest BCUT2D eigenvalue weighted by atomic mass is 28.4. The highest BCUT2D eigenvalue weighted by Gasteiger charge is 2.31. The lowest BCUT2D eigenvalue weighted by molar-refractivity contribution is 0.114. The van der Waals surface area contributed by atoms with Gasteiger partial charge in [0.1, 0.15) is 6.10 Å². The average molecular weight is 248 g/mol. The summed E-state index contributed by atoms with van der Waals surface area (Å²) < 4.78 is 16.9. The molecule has 1 rings (SSSR count). The van der Waals surface area contributed by atoms with Crippen LogP contribution in [0.1, 0.15) is 6.92 Å². The third-order valence-electron chi connectivity index (χ3n) is 2.80. The predicted molar refractivity (Wildman–Crippen MR) is 67.4 cm³/mol. The lowest BCUT2D eigenvalue weighted by atomic mass is 10.5. The van der Waals surface area contributed by atoms with Gasteiger partial charge in [0.25, 0.3) is 0 Å². The van der Waals surface area contributed by atoms with Gasteiger partial charge in [0.2, 0.25) is 0 Å². The number of hydrogen-bond donors (Lipinski definition) is 0. The Hall–Kier alpha value is 0.314. The first kappa shape index (κ1) is 13.4. The van der Waals surface area contributed by atoms with Crippen LogP contribution in [0.3, 0.4) is 0 Å². The summed E-state index contributed by atoms with van der Waals surface area (Å²) in [6.45, 7) is 13.8. The van der Waals surface area contributed by atoms with Gasteiger partial charge in [0.05, 0.1) is 13.2 Å². The van der Waals surface area contributed by atoms with Gasteiger partial charge in [-0.2, -0.15) is 0 Å². The van der Waals surface area contributed by atoms with Crippen molar-refractivity contribution in [1.29, 1.82) is 0 Å². The molecule has 0 amide bonds. The van der Waals surface area contributed by atoms with Crippen molar-refractivity contribution in [2.24, 2.45) is 0 Å². The van der Waals surface area contributed by atoms with Crippen molar-refractivity contribution in [1.82, 2.24) is 0 Å². The molecule has 0 aliphatic carbocycles. The van der Waals surface area contributed by atoms with E-state index in [4.69, 9.17) is 13.6 Å². The SMILES string of the molecule is C[C@H](COC[C@H]1CO1)[Si](C)(C)O[SiH](C)C. The number of ether oxygens (including phenoxy) is 2. The van der Waals surface area contributed by atoms with Crippen LogP contribution in [0.2, 0.25) is 31.7 Å². The summed E-state index contributed by atoms with van der Waals surface area (Å²) in [7, 11) is -2.44. The molecule has 15 heavy (non-hydrogen) atoms. The van der Waals surface area contributed by atoms with Gasteiger partial charge in [0, 0.05) is 6.61 Å². The van der Waals surface area contributed by atoms with E-state index < -0.39 is 17.4 Å². The topological polar surface area (TPSA) is 31.0 Å². The van der Waals surface area contributed by atoms with E-state index in [0.29, 0.717) is 11.6 Å². The van der Waals surface area contributed by atoms with Crippen molar-refractivity contribution < 1.29 is 13.6 Å². The molecule has 0 radical (unpaired) electrons. The first-order chi connectivity index (χ1) is 6.92. The van der Waals surface area contributed by atoms with Gasteiger partial charge in [-0.25, -0.2) is 0 Å². The van der Waals surface area contributed by atoms with Crippen LogP contribution in [-0.4, -0.2) is 43.3 Å². The van der Waals surface area contributed by atoms with E-state index in [0.717, 1.165) is 19.8 Å². The Kier molecular flexibility index (Phi) is 4.98.